The maximum atomic E-state index is 10.3. The summed E-state index contributed by atoms with van der Waals surface area (Å²) in [7, 11) is 1.78. The summed E-state index contributed by atoms with van der Waals surface area (Å²) in [5, 5.41) is 12.4. The number of nitrogens with zero attached hydrogens (tertiary/aromatic N) is 4. The molecule has 1 fully saturated rings. The Kier molecular flexibility index (Phi) is 6.20. The second-order valence-electron chi connectivity index (χ2n) is 8.82. The molecule has 0 unspecified atom stereocenters. The SMILES string of the molecule is CO[C@H]1CCCN(CCOc2nc(N)c3c(n2)CN(c2cc(O)cc4ccccc24)CC3)C1. The molecule has 5 rings (SSSR count). The van der Waals surface area contributed by atoms with E-state index >= 15 is 0 Å². The summed E-state index contributed by atoms with van der Waals surface area (Å²) in [5.41, 5.74) is 9.14. The fourth-order valence-electron chi connectivity index (χ4n) is 4.92. The van der Waals surface area contributed by atoms with E-state index in [2.05, 4.69) is 20.9 Å². The summed E-state index contributed by atoms with van der Waals surface area (Å²) < 4.78 is 11.4. The number of hydrogen-bond donors (Lipinski definition) is 2. The van der Waals surface area contributed by atoms with Gasteiger partial charge in [-0.1, -0.05) is 24.3 Å². The summed E-state index contributed by atoms with van der Waals surface area (Å²) in [6, 6.07) is 12.0. The van der Waals surface area contributed by atoms with E-state index in [1.54, 1.807) is 13.2 Å². The first kappa shape index (κ1) is 21.7. The van der Waals surface area contributed by atoms with Crippen LogP contribution in [-0.4, -0.2) is 66.0 Å². The van der Waals surface area contributed by atoms with Crippen molar-refractivity contribution in [2.45, 2.75) is 31.9 Å². The second kappa shape index (κ2) is 9.41. The summed E-state index contributed by atoms with van der Waals surface area (Å²) in [4.78, 5) is 13.7. The van der Waals surface area contributed by atoms with Crippen molar-refractivity contribution in [1.82, 2.24) is 14.9 Å². The standard InChI is InChI=1S/C25H31N5O3/c1-32-19-6-4-9-29(15-19)11-12-33-25-27-22-16-30(10-8-21(22)24(26)28-25)23-14-18(31)13-17-5-2-3-7-20(17)23/h2-3,5,7,13-14,19,31H,4,6,8-12,15-16H2,1H3,(H2,26,27,28)/t19-/m0/s1. The van der Waals surface area contributed by atoms with Gasteiger partial charge in [0.05, 0.1) is 18.3 Å². The Morgan fingerprint density at radius 3 is 2.94 bits per heavy atom. The molecule has 0 aliphatic carbocycles. The molecule has 1 saturated heterocycles. The van der Waals surface area contributed by atoms with Crippen LogP contribution in [0.3, 0.4) is 0 Å². The Hall–Kier alpha value is -3.10. The van der Waals surface area contributed by atoms with Crippen molar-refractivity contribution in [3.8, 4) is 11.8 Å². The van der Waals surface area contributed by atoms with Crippen LogP contribution in [0.5, 0.6) is 11.8 Å². The van der Waals surface area contributed by atoms with Crippen molar-refractivity contribution in [3.63, 3.8) is 0 Å². The van der Waals surface area contributed by atoms with Gasteiger partial charge in [0.2, 0.25) is 0 Å². The smallest absolute Gasteiger partial charge is 0.318 e. The van der Waals surface area contributed by atoms with Crippen LogP contribution >= 0.6 is 0 Å². The van der Waals surface area contributed by atoms with E-state index in [0.717, 1.165) is 73.2 Å². The Bertz CT molecular complexity index is 1140. The zero-order valence-electron chi connectivity index (χ0n) is 19.0. The number of phenolic OH excluding ortho intramolecular Hbond substituents is 1. The molecule has 174 valence electrons. The first-order valence-electron chi connectivity index (χ1n) is 11.6. The maximum Gasteiger partial charge on any atom is 0.318 e. The summed E-state index contributed by atoms with van der Waals surface area (Å²) in [6.07, 6.45) is 3.30. The summed E-state index contributed by atoms with van der Waals surface area (Å²) in [5.74, 6) is 0.752. The number of rotatable bonds is 6. The quantitative estimate of drug-likeness (QED) is 0.593. The average molecular weight is 450 g/mol. The molecule has 1 atom stereocenters. The molecule has 0 saturated carbocycles. The zero-order valence-corrected chi connectivity index (χ0v) is 19.0. The van der Waals surface area contributed by atoms with Crippen molar-refractivity contribution in [2.24, 2.45) is 0 Å². The largest absolute Gasteiger partial charge is 0.508 e. The highest BCUT2D eigenvalue weighted by Crippen LogP contribution is 2.35. The molecule has 0 spiro atoms. The highest BCUT2D eigenvalue weighted by molar-refractivity contribution is 5.95. The number of nitrogen functional groups attached to an aromatic ring is 1. The lowest BCUT2D eigenvalue weighted by Gasteiger charge is -2.32. The van der Waals surface area contributed by atoms with Crippen molar-refractivity contribution in [2.75, 3.05) is 50.5 Å². The third kappa shape index (κ3) is 4.67. The van der Waals surface area contributed by atoms with Gasteiger partial charge >= 0.3 is 6.01 Å². The monoisotopic (exact) mass is 449 g/mol. The molecule has 3 heterocycles. The first-order valence-corrected chi connectivity index (χ1v) is 11.6. The van der Waals surface area contributed by atoms with Crippen LogP contribution in [0.1, 0.15) is 24.1 Å². The van der Waals surface area contributed by atoms with Crippen LogP contribution in [0.2, 0.25) is 0 Å². The van der Waals surface area contributed by atoms with E-state index in [4.69, 9.17) is 20.2 Å². The lowest BCUT2D eigenvalue weighted by atomic mass is 10.0. The van der Waals surface area contributed by atoms with Crippen LogP contribution in [0, 0.1) is 0 Å². The van der Waals surface area contributed by atoms with E-state index in [1.165, 1.54) is 0 Å². The van der Waals surface area contributed by atoms with Gasteiger partial charge in [-0.25, -0.2) is 0 Å². The number of fused-ring (bicyclic) bond motifs is 2. The average Bonchev–Trinajstić information content (AvgIpc) is 2.83. The normalized spacial score (nSPS) is 18.9. The van der Waals surface area contributed by atoms with Crippen LogP contribution in [0.25, 0.3) is 10.8 Å². The van der Waals surface area contributed by atoms with Crippen molar-refractivity contribution >= 4 is 22.3 Å². The van der Waals surface area contributed by atoms with Gasteiger partial charge in [-0.05, 0) is 37.3 Å². The van der Waals surface area contributed by atoms with Gasteiger partial charge in [-0.3, -0.25) is 4.90 Å². The lowest BCUT2D eigenvalue weighted by molar-refractivity contribution is 0.0268. The van der Waals surface area contributed by atoms with E-state index in [1.807, 2.05) is 24.3 Å². The summed E-state index contributed by atoms with van der Waals surface area (Å²) >= 11 is 0. The van der Waals surface area contributed by atoms with Crippen molar-refractivity contribution in [3.05, 3.63) is 47.7 Å². The van der Waals surface area contributed by atoms with Gasteiger partial charge in [-0.2, -0.15) is 9.97 Å². The number of likely N-dealkylation sites (tertiary alicyclic amines) is 1. The van der Waals surface area contributed by atoms with Gasteiger partial charge < -0.3 is 25.2 Å². The molecular weight excluding hydrogens is 418 g/mol. The van der Waals surface area contributed by atoms with Gasteiger partial charge in [-0.15, -0.1) is 0 Å². The number of aromatic nitrogens is 2. The van der Waals surface area contributed by atoms with Gasteiger partial charge in [0, 0.05) is 49.4 Å². The Labute approximate surface area is 193 Å². The van der Waals surface area contributed by atoms with Crippen LogP contribution in [0.15, 0.2) is 36.4 Å². The van der Waals surface area contributed by atoms with Gasteiger partial charge in [0.1, 0.15) is 18.2 Å². The maximum absolute atomic E-state index is 10.3. The third-order valence-electron chi connectivity index (χ3n) is 6.68. The van der Waals surface area contributed by atoms with Crippen molar-refractivity contribution < 1.29 is 14.6 Å². The molecule has 2 aromatic carbocycles. The number of methoxy groups -OCH3 is 1. The molecule has 0 radical (unpaired) electrons. The van der Waals surface area contributed by atoms with E-state index in [-0.39, 0.29) is 5.75 Å². The van der Waals surface area contributed by atoms with Gasteiger partial charge in [0.15, 0.2) is 0 Å². The molecule has 2 aliphatic rings. The van der Waals surface area contributed by atoms with E-state index in [9.17, 15) is 5.11 Å². The minimum atomic E-state index is 0.258. The topological polar surface area (TPSA) is 97.0 Å². The number of benzene rings is 2. The Balaban J connectivity index is 1.30. The minimum absolute atomic E-state index is 0.258. The molecule has 3 aromatic rings. The molecule has 0 bridgehead atoms. The van der Waals surface area contributed by atoms with Crippen LogP contribution in [0.4, 0.5) is 11.5 Å². The molecule has 2 aliphatic heterocycles. The fourth-order valence-corrected chi connectivity index (χ4v) is 4.92. The highest BCUT2D eigenvalue weighted by Gasteiger charge is 2.24. The Morgan fingerprint density at radius 2 is 2.06 bits per heavy atom. The van der Waals surface area contributed by atoms with E-state index < -0.39 is 0 Å². The second-order valence-corrected chi connectivity index (χ2v) is 8.82. The summed E-state index contributed by atoms with van der Waals surface area (Å²) in [6.45, 7) is 4.68. The number of hydrogen-bond acceptors (Lipinski definition) is 8. The fraction of sp³-hybridized carbons (Fsp3) is 0.440. The highest BCUT2D eigenvalue weighted by atomic mass is 16.5. The number of ether oxygens (including phenoxy) is 2. The molecule has 33 heavy (non-hydrogen) atoms. The van der Waals surface area contributed by atoms with E-state index in [0.29, 0.717) is 31.1 Å². The molecule has 3 N–H and O–H groups in total. The number of nitrogens with two attached hydrogens (primary N) is 1. The molecule has 8 heteroatoms. The van der Waals surface area contributed by atoms with Gasteiger partial charge in [0.25, 0.3) is 0 Å². The predicted octanol–water partition coefficient (Wildman–Crippen LogP) is 2.97. The minimum Gasteiger partial charge on any atom is -0.508 e. The Morgan fingerprint density at radius 1 is 1.18 bits per heavy atom. The molecule has 1 aromatic heterocycles. The predicted molar refractivity (Wildman–Crippen MR) is 129 cm³/mol. The number of aromatic hydroxyl groups is 1. The number of anilines is 2. The number of piperidine rings is 1. The molecular formula is C25H31N5O3. The number of phenols is 1. The third-order valence-corrected chi connectivity index (χ3v) is 6.68. The lowest BCUT2D eigenvalue weighted by Crippen LogP contribution is -2.41. The van der Waals surface area contributed by atoms with Crippen LogP contribution < -0.4 is 15.4 Å². The van der Waals surface area contributed by atoms with Crippen molar-refractivity contribution in [1.29, 1.82) is 0 Å². The molecule has 8 nitrogen and oxygen atoms in total. The zero-order chi connectivity index (χ0) is 22.8. The molecule has 0 amide bonds. The van der Waals surface area contributed by atoms with Crippen LogP contribution in [-0.2, 0) is 17.7 Å². The first-order chi connectivity index (χ1) is 16.1.